The van der Waals surface area contributed by atoms with Crippen molar-refractivity contribution in [2.75, 3.05) is 9.80 Å². The first-order valence-electron chi connectivity index (χ1n) is 36.2. The predicted molar refractivity (Wildman–Crippen MR) is 434 cm³/mol. The Morgan fingerprint density at radius 2 is 0.718 bits per heavy atom. The van der Waals surface area contributed by atoms with Gasteiger partial charge in [-0.05, 0) is 213 Å². The van der Waals surface area contributed by atoms with Crippen molar-refractivity contribution in [2.45, 2.75) is 56.3 Å². The van der Waals surface area contributed by atoms with Gasteiger partial charge in [0.05, 0.1) is 16.5 Å². The van der Waals surface area contributed by atoms with Gasteiger partial charge in [0, 0.05) is 44.7 Å². The molecule has 0 saturated heterocycles. The van der Waals surface area contributed by atoms with E-state index in [2.05, 4.69) is 397 Å². The minimum absolute atomic E-state index is 0.185. The van der Waals surface area contributed by atoms with Crippen LogP contribution in [0.3, 0.4) is 0 Å². The molecule has 4 aliphatic carbocycles. The Morgan fingerprint density at radius 1 is 0.291 bits per heavy atom. The quantitative estimate of drug-likeness (QED) is 0.106. The number of fused-ring (bicyclic) bond motifs is 14. The molecule has 2 unspecified atom stereocenters. The highest BCUT2D eigenvalue weighted by molar-refractivity contribution is 6.07. The molecule has 0 N–H and O–H groups in total. The number of benzene rings is 15. The third kappa shape index (κ3) is 9.13. The minimum atomic E-state index is -0.721. The smallest absolute Gasteiger partial charge is 0.0714 e. The molecule has 2 atom stereocenters. The normalized spacial score (nSPS) is 16.7. The summed E-state index contributed by atoms with van der Waals surface area (Å²) in [7, 11) is 0. The second-order valence-electron chi connectivity index (χ2n) is 29.5. The third-order valence-electron chi connectivity index (χ3n) is 23.6. The summed E-state index contributed by atoms with van der Waals surface area (Å²) in [6, 6.07) is 127. The predicted octanol–water partition coefficient (Wildman–Crippen LogP) is 26.6. The topological polar surface area (TPSA) is 6.48 Å². The van der Waals surface area contributed by atoms with Gasteiger partial charge in [0.2, 0.25) is 0 Å². The van der Waals surface area contributed by atoms with Crippen LogP contribution in [0, 0.1) is 0 Å². The first-order chi connectivity index (χ1) is 50.5. The number of hydrogen-bond acceptors (Lipinski definition) is 2. The number of hydrogen-bond donors (Lipinski definition) is 0. The Hall–Kier alpha value is -12.4. The number of nitrogens with zero attached hydrogens (tertiary/aromatic N) is 2. The van der Waals surface area contributed by atoms with Crippen LogP contribution in [0.2, 0.25) is 0 Å². The lowest BCUT2D eigenvalue weighted by Crippen LogP contribution is -2.29. The van der Waals surface area contributed by atoms with Gasteiger partial charge in [0.15, 0.2) is 0 Å². The van der Waals surface area contributed by atoms with Crippen molar-refractivity contribution in [3.8, 4) is 55.6 Å². The number of allylic oxidation sites excluding steroid dienone is 5. The standard InChI is InChI=1S/C101H76N2/c1-7-8-11-29-66(2)100(70-33-12-9-13-34-70)91-47-24-20-40-82(91)86-59-55-77(65-95(86)100)103(76-54-57-85-81-39-19-23-46-90(81)99(5,6)94(85)63-76)97-49-28-43-79-78(42-27-44-88(79)97)69-32-26-37-72(60-69)101(71-35-14-10-15-36-71)92-48-25-21-41-83(92)87-58-53-75(64-96(87)101)102(73-51-50-67-30-16-17-31-68(67)61-73)74-52-56-84-80-38-18-22-45-89(80)98(3,4)93(84)62-74/h7-65H,1H2,2-6H3/b11-8-,66-29+. The summed E-state index contributed by atoms with van der Waals surface area (Å²) in [6.07, 6.45) is 8.31. The Kier molecular flexibility index (Phi) is 14.2. The largest absolute Gasteiger partial charge is 0.310 e. The van der Waals surface area contributed by atoms with Crippen LogP contribution in [-0.2, 0) is 21.7 Å². The molecule has 0 saturated carbocycles. The van der Waals surface area contributed by atoms with Crippen molar-refractivity contribution in [2.24, 2.45) is 0 Å². The Balaban J connectivity index is 0.804. The highest BCUT2D eigenvalue weighted by Gasteiger charge is 2.49. The lowest BCUT2D eigenvalue weighted by molar-refractivity contribution is 0.660. The Bertz CT molecular complexity index is 6060. The second-order valence-corrected chi connectivity index (χ2v) is 29.5. The number of rotatable bonds is 13. The van der Waals surface area contributed by atoms with Crippen LogP contribution in [0.25, 0.3) is 77.2 Å². The fourth-order valence-corrected chi connectivity index (χ4v) is 18.9. The lowest BCUT2D eigenvalue weighted by atomic mass is 9.67. The summed E-state index contributed by atoms with van der Waals surface area (Å²) in [5.74, 6) is 0. The van der Waals surface area contributed by atoms with Crippen LogP contribution in [0.5, 0.6) is 0 Å². The third-order valence-corrected chi connectivity index (χ3v) is 23.6. The van der Waals surface area contributed by atoms with Gasteiger partial charge in [-0.1, -0.05) is 325 Å². The van der Waals surface area contributed by atoms with Gasteiger partial charge in [-0.2, -0.15) is 0 Å². The van der Waals surface area contributed by atoms with E-state index in [1.165, 1.54) is 133 Å². The summed E-state index contributed by atoms with van der Waals surface area (Å²) < 4.78 is 0. The molecular weight excluding hydrogens is 1240 g/mol. The van der Waals surface area contributed by atoms with Crippen molar-refractivity contribution < 1.29 is 0 Å². The van der Waals surface area contributed by atoms with E-state index in [0.29, 0.717) is 0 Å². The molecule has 15 aromatic carbocycles. The molecule has 0 radical (unpaired) electrons. The maximum atomic E-state index is 4.05. The highest BCUT2D eigenvalue weighted by atomic mass is 15.1. The maximum absolute atomic E-state index is 4.05. The molecule has 0 heterocycles. The van der Waals surface area contributed by atoms with Crippen molar-refractivity contribution in [3.63, 3.8) is 0 Å². The van der Waals surface area contributed by atoms with Gasteiger partial charge in [0.1, 0.15) is 0 Å². The molecule has 0 fully saturated rings. The Labute approximate surface area is 604 Å². The van der Waals surface area contributed by atoms with Gasteiger partial charge in [-0.15, -0.1) is 0 Å². The van der Waals surface area contributed by atoms with Crippen molar-refractivity contribution >= 4 is 55.7 Å². The summed E-state index contributed by atoms with van der Waals surface area (Å²) in [5, 5.41) is 4.74. The summed E-state index contributed by atoms with van der Waals surface area (Å²) >= 11 is 0. The zero-order valence-electron chi connectivity index (χ0n) is 58.7. The van der Waals surface area contributed by atoms with Gasteiger partial charge < -0.3 is 9.80 Å². The van der Waals surface area contributed by atoms with Crippen LogP contribution >= 0.6 is 0 Å². The molecule has 0 aromatic heterocycles. The van der Waals surface area contributed by atoms with Gasteiger partial charge in [-0.25, -0.2) is 0 Å². The van der Waals surface area contributed by atoms with Gasteiger partial charge in [0.25, 0.3) is 0 Å². The average Bonchev–Trinajstić information content (AvgIpc) is 1.55. The number of anilines is 6. The van der Waals surface area contributed by atoms with E-state index in [1.54, 1.807) is 0 Å². The monoisotopic (exact) mass is 1320 g/mol. The molecule has 0 spiro atoms. The van der Waals surface area contributed by atoms with E-state index < -0.39 is 10.8 Å². The molecule has 0 amide bonds. The first-order valence-corrected chi connectivity index (χ1v) is 36.2. The SMILES string of the molecule is C=C/C=C\C=C(/C)C1(c2ccccc2)c2ccccc2-c2ccc(N(c3ccc4c(c3)C(C)(C)c3ccccc3-4)c3cccc4c(-c5cccc(C6(c7ccccc7)c7ccccc7-c7ccc(N(c8ccc9c(c8)C(C)(C)c8ccccc8-9)c8ccc9ccccc9c8)cc76)c5)cccc34)cc21. The summed E-state index contributed by atoms with van der Waals surface area (Å²) in [6.45, 7) is 15.9. The Morgan fingerprint density at radius 3 is 1.35 bits per heavy atom. The van der Waals surface area contributed by atoms with Crippen LogP contribution in [0.15, 0.2) is 370 Å². The van der Waals surface area contributed by atoms with Crippen LogP contribution in [0.1, 0.15) is 95.8 Å². The minimum Gasteiger partial charge on any atom is -0.310 e. The highest BCUT2D eigenvalue weighted by Crippen LogP contribution is 2.61. The molecular formula is C101H76N2. The summed E-state index contributed by atoms with van der Waals surface area (Å²) in [4.78, 5) is 5.05. The van der Waals surface area contributed by atoms with E-state index in [4.69, 9.17) is 0 Å². The molecule has 103 heavy (non-hydrogen) atoms. The molecule has 2 heteroatoms. The van der Waals surface area contributed by atoms with E-state index in [9.17, 15) is 0 Å². The van der Waals surface area contributed by atoms with E-state index in [-0.39, 0.29) is 10.8 Å². The fourth-order valence-electron chi connectivity index (χ4n) is 18.9. The molecule has 4 aliphatic rings. The molecule has 0 aliphatic heterocycles. The molecule has 15 aromatic rings. The first kappa shape index (κ1) is 61.7. The molecule has 2 nitrogen and oxygen atoms in total. The van der Waals surface area contributed by atoms with Crippen molar-refractivity contribution in [3.05, 3.63) is 431 Å². The molecule has 0 bridgehead atoms. The average molecular weight is 1320 g/mol. The fraction of sp³-hybridized carbons (Fsp3) is 0.0891. The molecule has 490 valence electrons. The second kappa shape index (κ2) is 23.6. The van der Waals surface area contributed by atoms with Crippen LogP contribution in [0.4, 0.5) is 34.1 Å². The van der Waals surface area contributed by atoms with Crippen molar-refractivity contribution in [1.29, 1.82) is 0 Å². The van der Waals surface area contributed by atoms with Crippen LogP contribution < -0.4 is 9.80 Å². The van der Waals surface area contributed by atoms with E-state index >= 15 is 0 Å². The zero-order valence-corrected chi connectivity index (χ0v) is 58.7. The summed E-state index contributed by atoms with van der Waals surface area (Å²) in [5.41, 5.74) is 32.7. The maximum Gasteiger partial charge on any atom is 0.0714 e. The van der Waals surface area contributed by atoms with Gasteiger partial charge >= 0.3 is 0 Å². The van der Waals surface area contributed by atoms with Crippen molar-refractivity contribution in [1.82, 2.24) is 0 Å². The van der Waals surface area contributed by atoms with E-state index in [0.717, 1.165) is 45.1 Å². The van der Waals surface area contributed by atoms with E-state index in [1.807, 2.05) is 12.2 Å². The van der Waals surface area contributed by atoms with Crippen LogP contribution in [-0.4, -0.2) is 0 Å². The zero-order chi connectivity index (χ0) is 69.3. The van der Waals surface area contributed by atoms with Gasteiger partial charge in [-0.3, -0.25) is 0 Å². The lowest BCUT2D eigenvalue weighted by Gasteiger charge is -2.35. The molecule has 19 rings (SSSR count).